The normalized spacial score (nSPS) is 31.6. The van der Waals surface area contributed by atoms with Crippen molar-refractivity contribution in [1.82, 2.24) is 0 Å². The molecule has 3 aromatic rings. The highest BCUT2D eigenvalue weighted by Crippen LogP contribution is 2.40. The lowest BCUT2D eigenvalue weighted by Crippen LogP contribution is -2.60. The van der Waals surface area contributed by atoms with Gasteiger partial charge in [0, 0.05) is 17.7 Å². The number of ether oxygens (including phenoxy) is 4. The van der Waals surface area contributed by atoms with E-state index in [9.17, 15) is 55.9 Å². The van der Waals surface area contributed by atoms with E-state index < -0.39 is 102 Å². The molecule has 1 aromatic heterocycles. The molecule has 10 N–H and O–H groups in total. The summed E-state index contributed by atoms with van der Waals surface area (Å²) in [4.78, 5) is 13.6. The predicted molar refractivity (Wildman–Crippen MR) is 136 cm³/mol. The quantitative estimate of drug-likeness (QED) is 0.133. The van der Waals surface area contributed by atoms with Gasteiger partial charge >= 0.3 is 0 Å². The number of fused-ring (bicyclic) bond motifs is 1. The van der Waals surface area contributed by atoms with Crippen molar-refractivity contribution in [3.05, 3.63) is 40.6 Å². The van der Waals surface area contributed by atoms with Gasteiger partial charge in [-0.2, -0.15) is 0 Å². The lowest BCUT2D eigenvalue weighted by Gasteiger charge is -2.39. The van der Waals surface area contributed by atoms with Crippen molar-refractivity contribution in [2.45, 2.75) is 55.3 Å². The van der Waals surface area contributed by atoms with Gasteiger partial charge in [-0.1, -0.05) is 0 Å². The Balaban J connectivity index is 1.59. The van der Waals surface area contributed by atoms with Crippen molar-refractivity contribution in [2.75, 3.05) is 13.2 Å². The van der Waals surface area contributed by atoms with Crippen molar-refractivity contribution in [2.24, 2.45) is 0 Å². The maximum absolute atomic E-state index is 13.6. The molecule has 2 aliphatic rings. The van der Waals surface area contributed by atoms with Crippen LogP contribution in [0.3, 0.4) is 0 Å². The SMILES string of the molecule is O=c1c(O[C@@H]2OC[C@@H](O)[C@H](O)[C@H]2O)c(-c2ccc(O)c(O)c2)oc2cc(O[C@@H]3O[C@H](CO)[C@@H](O)[C@H](O)[C@H]3O)cc(O)c12. The largest absolute Gasteiger partial charge is 0.507 e. The molecule has 9 atom stereocenters. The molecule has 228 valence electrons. The number of hydrogen-bond acceptors (Lipinski definition) is 16. The van der Waals surface area contributed by atoms with Crippen molar-refractivity contribution in [3.8, 4) is 40.1 Å². The Morgan fingerprint density at radius 3 is 2.19 bits per heavy atom. The average molecular weight is 596 g/mol. The first kappa shape index (κ1) is 29.8. The molecule has 0 aliphatic carbocycles. The molecule has 42 heavy (non-hydrogen) atoms. The van der Waals surface area contributed by atoms with Crippen LogP contribution in [-0.2, 0) is 9.47 Å². The predicted octanol–water partition coefficient (Wildman–Crippen LogP) is -2.43. The highest BCUT2D eigenvalue weighted by atomic mass is 16.7. The molecule has 3 heterocycles. The third-order valence-corrected chi connectivity index (χ3v) is 6.93. The van der Waals surface area contributed by atoms with E-state index in [1.165, 1.54) is 6.07 Å². The van der Waals surface area contributed by atoms with E-state index >= 15 is 0 Å². The van der Waals surface area contributed by atoms with E-state index in [1.807, 2.05) is 0 Å². The lowest BCUT2D eigenvalue weighted by molar-refractivity contribution is -0.277. The molecule has 16 heteroatoms. The van der Waals surface area contributed by atoms with Crippen LogP contribution in [-0.4, -0.2) is 120 Å². The zero-order chi connectivity index (χ0) is 30.5. The third kappa shape index (κ3) is 5.31. The van der Waals surface area contributed by atoms with E-state index in [0.717, 1.165) is 24.3 Å². The Morgan fingerprint density at radius 1 is 0.786 bits per heavy atom. The first-order valence-electron chi connectivity index (χ1n) is 12.6. The molecule has 0 spiro atoms. The van der Waals surface area contributed by atoms with Crippen molar-refractivity contribution < 1.29 is 74.4 Å². The Bertz CT molecular complexity index is 1500. The van der Waals surface area contributed by atoms with E-state index in [1.54, 1.807) is 0 Å². The van der Waals surface area contributed by atoms with Gasteiger partial charge in [-0.15, -0.1) is 0 Å². The molecule has 0 radical (unpaired) electrons. The van der Waals surface area contributed by atoms with E-state index in [0.29, 0.717) is 0 Å². The van der Waals surface area contributed by atoms with Crippen LogP contribution in [0.15, 0.2) is 39.5 Å². The summed E-state index contributed by atoms with van der Waals surface area (Å²) in [5.74, 6) is -3.09. The standard InChI is InChI=1S/C26H28O16/c27-6-15-18(33)20(35)22(37)26(41-15)39-9-4-12(30)16-14(5-9)40-23(8-1-2-10(28)11(29)3-8)24(19(16)34)42-25-21(36)17(32)13(31)7-38-25/h1-5,13,15,17-18,20-22,25-33,35-37H,6-7H2/t13-,15-,17+,18-,20+,21-,22-,25+,26-/m1/s1. The lowest BCUT2D eigenvalue weighted by atomic mass is 9.99. The molecule has 2 aromatic carbocycles. The number of aliphatic hydroxyl groups is 7. The molecule has 0 amide bonds. The Labute approximate surface area is 235 Å². The minimum absolute atomic E-state index is 0.0232. The third-order valence-electron chi connectivity index (χ3n) is 6.93. The molecule has 0 unspecified atom stereocenters. The van der Waals surface area contributed by atoms with Crippen molar-refractivity contribution >= 4 is 11.0 Å². The molecule has 2 saturated heterocycles. The van der Waals surface area contributed by atoms with E-state index in [-0.39, 0.29) is 22.7 Å². The Kier molecular flexibility index (Phi) is 8.17. The summed E-state index contributed by atoms with van der Waals surface area (Å²) >= 11 is 0. The number of phenols is 3. The number of rotatable bonds is 6. The van der Waals surface area contributed by atoms with Crippen molar-refractivity contribution in [1.29, 1.82) is 0 Å². The number of phenolic OH excluding ortho intramolecular Hbond substituents is 3. The Morgan fingerprint density at radius 2 is 1.50 bits per heavy atom. The van der Waals surface area contributed by atoms with Crippen LogP contribution in [0.4, 0.5) is 0 Å². The topological polar surface area (TPSA) is 269 Å². The molecule has 2 aliphatic heterocycles. The first-order chi connectivity index (χ1) is 19.9. The average Bonchev–Trinajstić information content (AvgIpc) is 2.95. The molecular weight excluding hydrogens is 568 g/mol. The fourth-order valence-corrected chi connectivity index (χ4v) is 4.59. The summed E-state index contributed by atoms with van der Waals surface area (Å²) in [6, 6.07) is 5.41. The molecule has 0 bridgehead atoms. The second-order valence-corrected chi connectivity index (χ2v) is 9.79. The van der Waals surface area contributed by atoms with Crippen molar-refractivity contribution in [3.63, 3.8) is 0 Å². The van der Waals surface area contributed by atoms with Crippen LogP contribution in [0.2, 0.25) is 0 Å². The second-order valence-electron chi connectivity index (χ2n) is 9.79. The van der Waals surface area contributed by atoms with Crippen LogP contribution < -0.4 is 14.9 Å². The molecule has 0 saturated carbocycles. The molecule has 2 fully saturated rings. The summed E-state index contributed by atoms with van der Waals surface area (Å²) in [5, 5.41) is 99.9. The van der Waals surface area contributed by atoms with Gasteiger partial charge < -0.3 is 74.4 Å². The maximum Gasteiger partial charge on any atom is 0.239 e. The first-order valence-corrected chi connectivity index (χ1v) is 12.6. The number of benzene rings is 2. The van der Waals surface area contributed by atoms with Crippen LogP contribution in [0.25, 0.3) is 22.3 Å². The fourth-order valence-electron chi connectivity index (χ4n) is 4.59. The Hall–Kier alpha value is -3.71. The van der Waals surface area contributed by atoms with Gasteiger partial charge in [0.1, 0.15) is 65.2 Å². The number of aliphatic hydroxyl groups excluding tert-OH is 7. The summed E-state index contributed by atoms with van der Waals surface area (Å²) in [6.45, 7) is -1.18. The minimum atomic E-state index is -1.81. The minimum Gasteiger partial charge on any atom is -0.507 e. The van der Waals surface area contributed by atoms with Crippen LogP contribution in [0.5, 0.6) is 28.7 Å². The fraction of sp³-hybridized carbons (Fsp3) is 0.423. The number of hydrogen-bond donors (Lipinski definition) is 10. The zero-order valence-corrected chi connectivity index (χ0v) is 21.4. The molecule has 16 nitrogen and oxygen atoms in total. The highest BCUT2D eigenvalue weighted by molar-refractivity contribution is 5.88. The van der Waals surface area contributed by atoms with Gasteiger partial charge in [0.2, 0.25) is 23.8 Å². The maximum atomic E-state index is 13.6. The van der Waals surface area contributed by atoms with Gasteiger partial charge in [0.25, 0.3) is 0 Å². The summed E-state index contributed by atoms with van der Waals surface area (Å²) in [6.07, 6.45) is -14.7. The van der Waals surface area contributed by atoms with Gasteiger partial charge in [0.15, 0.2) is 17.3 Å². The zero-order valence-electron chi connectivity index (χ0n) is 21.4. The summed E-state index contributed by atoms with van der Waals surface area (Å²) in [7, 11) is 0. The molecule has 5 rings (SSSR count). The van der Waals surface area contributed by atoms with E-state index in [4.69, 9.17) is 23.4 Å². The van der Waals surface area contributed by atoms with Gasteiger partial charge in [0.05, 0.1) is 13.2 Å². The molecular formula is C26H28O16. The second kappa shape index (κ2) is 11.5. The van der Waals surface area contributed by atoms with Crippen LogP contribution in [0.1, 0.15) is 0 Å². The van der Waals surface area contributed by atoms with Gasteiger partial charge in [-0.3, -0.25) is 4.79 Å². The van der Waals surface area contributed by atoms with E-state index in [2.05, 4.69) is 0 Å². The summed E-state index contributed by atoms with van der Waals surface area (Å²) in [5.41, 5.74) is -1.35. The number of aromatic hydroxyl groups is 3. The smallest absolute Gasteiger partial charge is 0.239 e. The van der Waals surface area contributed by atoms with Gasteiger partial charge in [-0.05, 0) is 18.2 Å². The highest BCUT2D eigenvalue weighted by Gasteiger charge is 2.45. The van der Waals surface area contributed by atoms with Crippen LogP contribution >= 0.6 is 0 Å². The van der Waals surface area contributed by atoms with Crippen LogP contribution in [0, 0.1) is 0 Å². The summed E-state index contributed by atoms with van der Waals surface area (Å²) < 4.78 is 27.5. The van der Waals surface area contributed by atoms with Gasteiger partial charge in [-0.25, -0.2) is 0 Å². The monoisotopic (exact) mass is 596 g/mol.